The summed E-state index contributed by atoms with van der Waals surface area (Å²) in [6, 6.07) is 4.49. The molecule has 0 saturated carbocycles. The lowest BCUT2D eigenvalue weighted by Gasteiger charge is -2.10. The zero-order valence-electron chi connectivity index (χ0n) is 12.0. The van der Waals surface area contributed by atoms with Crippen LogP contribution in [0.15, 0.2) is 23.1 Å². The van der Waals surface area contributed by atoms with Gasteiger partial charge in [-0.3, -0.25) is 5.32 Å². The average Bonchev–Trinajstić information content (AvgIpc) is 2.78. The molecule has 1 atom stereocenters. The number of thiazole rings is 1. The van der Waals surface area contributed by atoms with Crippen LogP contribution in [0, 0.1) is 0 Å². The minimum Gasteiger partial charge on any atom is -0.335 e. The van der Waals surface area contributed by atoms with Gasteiger partial charge in [-0.05, 0) is 31.5 Å². The molecule has 114 valence electrons. The quantitative estimate of drug-likeness (QED) is 0.903. The highest BCUT2D eigenvalue weighted by Gasteiger charge is 2.12. The number of nitrogens with one attached hydrogen (secondary N) is 2. The van der Waals surface area contributed by atoms with Crippen molar-refractivity contribution in [3.8, 4) is 0 Å². The highest BCUT2D eigenvalue weighted by Crippen LogP contribution is 2.28. The highest BCUT2D eigenvalue weighted by atomic mass is 32.2. The molecule has 2 rings (SSSR count). The Morgan fingerprint density at radius 1 is 1.43 bits per heavy atom. The number of urea groups is 1. The minimum atomic E-state index is -3.25. The fraction of sp³-hybridized carbons (Fsp3) is 0.385. The van der Waals surface area contributed by atoms with Gasteiger partial charge >= 0.3 is 6.03 Å². The molecule has 21 heavy (non-hydrogen) atoms. The van der Waals surface area contributed by atoms with Crippen molar-refractivity contribution in [2.45, 2.75) is 31.2 Å². The van der Waals surface area contributed by atoms with E-state index < -0.39 is 9.84 Å². The van der Waals surface area contributed by atoms with Crippen LogP contribution in [0.1, 0.15) is 20.3 Å². The van der Waals surface area contributed by atoms with E-state index in [4.69, 9.17) is 0 Å². The van der Waals surface area contributed by atoms with Gasteiger partial charge in [-0.25, -0.2) is 18.2 Å². The van der Waals surface area contributed by atoms with Gasteiger partial charge in [0.25, 0.3) is 0 Å². The Balaban J connectivity index is 2.21. The fourth-order valence-corrected chi connectivity index (χ4v) is 3.27. The third-order valence-electron chi connectivity index (χ3n) is 3.00. The fourth-order valence-electron chi connectivity index (χ4n) is 1.65. The number of carbonyl (C=O) groups is 1. The minimum absolute atomic E-state index is 0.0798. The normalized spacial score (nSPS) is 13.1. The second-order valence-electron chi connectivity index (χ2n) is 4.83. The number of rotatable bonds is 4. The maximum Gasteiger partial charge on any atom is 0.321 e. The number of fused-ring (bicyclic) bond motifs is 1. The van der Waals surface area contributed by atoms with Crippen LogP contribution in [0.3, 0.4) is 0 Å². The van der Waals surface area contributed by atoms with Crippen LogP contribution < -0.4 is 10.6 Å². The van der Waals surface area contributed by atoms with E-state index in [0.717, 1.165) is 17.4 Å². The third kappa shape index (κ3) is 3.92. The lowest BCUT2D eigenvalue weighted by Crippen LogP contribution is -2.35. The van der Waals surface area contributed by atoms with Gasteiger partial charge in [0.05, 0.1) is 15.1 Å². The maximum absolute atomic E-state index is 11.7. The molecule has 0 saturated heterocycles. The van der Waals surface area contributed by atoms with Crippen LogP contribution in [-0.4, -0.2) is 31.7 Å². The molecule has 0 fully saturated rings. The van der Waals surface area contributed by atoms with E-state index in [1.807, 2.05) is 13.8 Å². The second kappa shape index (κ2) is 5.98. The standard InChI is InChI=1S/C13H17N3O3S2/c1-4-8(2)14-12(17)16-13-15-10-6-5-9(21(3,18)19)7-11(10)20-13/h5-8H,4H2,1-3H3,(H2,14,15,16,17). The lowest BCUT2D eigenvalue weighted by atomic mass is 10.3. The lowest BCUT2D eigenvalue weighted by molar-refractivity contribution is 0.249. The van der Waals surface area contributed by atoms with Crippen molar-refractivity contribution in [2.24, 2.45) is 0 Å². The molecular weight excluding hydrogens is 310 g/mol. The first-order valence-corrected chi connectivity index (χ1v) is 9.18. The number of anilines is 1. The Labute approximate surface area is 127 Å². The summed E-state index contributed by atoms with van der Waals surface area (Å²) >= 11 is 1.24. The van der Waals surface area contributed by atoms with Crippen molar-refractivity contribution in [1.82, 2.24) is 10.3 Å². The summed E-state index contributed by atoms with van der Waals surface area (Å²) in [5.41, 5.74) is 0.659. The van der Waals surface area contributed by atoms with E-state index in [1.165, 1.54) is 17.4 Å². The van der Waals surface area contributed by atoms with Gasteiger partial charge in [0, 0.05) is 12.3 Å². The predicted molar refractivity (Wildman–Crippen MR) is 84.6 cm³/mol. The molecule has 0 aliphatic carbocycles. The van der Waals surface area contributed by atoms with E-state index in [2.05, 4.69) is 15.6 Å². The van der Waals surface area contributed by atoms with E-state index in [9.17, 15) is 13.2 Å². The van der Waals surface area contributed by atoms with E-state index in [1.54, 1.807) is 12.1 Å². The zero-order chi connectivity index (χ0) is 15.6. The molecule has 0 aliphatic rings. The van der Waals surface area contributed by atoms with Crippen LogP contribution in [0.4, 0.5) is 9.93 Å². The van der Waals surface area contributed by atoms with Crippen molar-refractivity contribution in [3.63, 3.8) is 0 Å². The summed E-state index contributed by atoms with van der Waals surface area (Å²) in [6.45, 7) is 3.89. The molecule has 0 bridgehead atoms. The Bertz CT molecular complexity index is 768. The van der Waals surface area contributed by atoms with E-state index in [0.29, 0.717) is 10.6 Å². The largest absolute Gasteiger partial charge is 0.335 e. The Morgan fingerprint density at radius 2 is 2.14 bits per heavy atom. The summed E-state index contributed by atoms with van der Waals surface area (Å²) in [4.78, 5) is 16.2. The number of hydrogen-bond donors (Lipinski definition) is 2. The summed E-state index contributed by atoms with van der Waals surface area (Å²) in [6.07, 6.45) is 2.00. The molecule has 1 aromatic carbocycles. The first-order chi connectivity index (χ1) is 9.79. The van der Waals surface area contributed by atoms with E-state index in [-0.39, 0.29) is 17.0 Å². The second-order valence-corrected chi connectivity index (χ2v) is 7.87. The van der Waals surface area contributed by atoms with E-state index >= 15 is 0 Å². The smallest absolute Gasteiger partial charge is 0.321 e. The first-order valence-electron chi connectivity index (χ1n) is 6.47. The molecule has 2 aromatic rings. The zero-order valence-corrected chi connectivity index (χ0v) is 13.6. The molecule has 8 heteroatoms. The topological polar surface area (TPSA) is 88.2 Å². The highest BCUT2D eigenvalue weighted by molar-refractivity contribution is 7.90. The number of amides is 2. The first kappa shape index (κ1) is 15.7. The number of hydrogen-bond acceptors (Lipinski definition) is 5. The van der Waals surface area contributed by atoms with Gasteiger partial charge < -0.3 is 5.32 Å². The molecule has 0 aliphatic heterocycles. The Kier molecular flexibility index (Phi) is 4.48. The van der Waals surface area contributed by atoms with Crippen molar-refractivity contribution in [2.75, 3.05) is 11.6 Å². The summed E-state index contributed by atoms with van der Waals surface area (Å²) in [5.74, 6) is 0. The van der Waals surface area contributed by atoms with Gasteiger partial charge in [0.2, 0.25) is 0 Å². The number of carbonyl (C=O) groups excluding carboxylic acids is 1. The molecular formula is C13H17N3O3S2. The SMILES string of the molecule is CCC(C)NC(=O)Nc1nc2ccc(S(C)(=O)=O)cc2s1. The molecule has 1 aromatic heterocycles. The number of aromatic nitrogens is 1. The van der Waals surface area contributed by atoms with Gasteiger partial charge in [-0.2, -0.15) is 0 Å². The average molecular weight is 327 g/mol. The molecule has 1 unspecified atom stereocenters. The van der Waals surface area contributed by atoms with Crippen LogP contribution in [0.25, 0.3) is 10.2 Å². The summed E-state index contributed by atoms with van der Waals surface area (Å²) in [5, 5.41) is 5.88. The number of nitrogens with zero attached hydrogens (tertiary/aromatic N) is 1. The maximum atomic E-state index is 11.7. The number of benzene rings is 1. The van der Waals surface area contributed by atoms with Crippen molar-refractivity contribution in [3.05, 3.63) is 18.2 Å². The summed E-state index contributed by atoms with van der Waals surface area (Å²) in [7, 11) is -3.25. The Hall–Kier alpha value is -1.67. The molecule has 2 amide bonds. The molecule has 0 spiro atoms. The molecule has 2 N–H and O–H groups in total. The van der Waals surface area contributed by atoms with Crippen LogP contribution in [0.5, 0.6) is 0 Å². The molecule has 0 radical (unpaired) electrons. The monoisotopic (exact) mass is 327 g/mol. The van der Waals surface area contributed by atoms with Gasteiger partial charge in [0.1, 0.15) is 0 Å². The van der Waals surface area contributed by atoms with Gasteiger partial charge in [0.15, 0.2) is 15.0 Å². The van der Waals surface area contributed by atoms with Crippen LogP contribution >= 0.6 is 11.3 Å². The van der Waals surface area contributed by atoms with Crippen molar-refractivity contribution < 1.29 is 13.2 Å². The van der Waals surface area contributed by atoms with Gasteiger partial charge in [-0.15, -0.1) is 0 Å². The third-order valence-corrected chi connectivity index (χ3v) is 5.04. The van der Waals surface area contributed by atoms with Gasteiger partial charge in [-0.1, -0.05) is 18.3 Å². The Morgan fingerprint density at radius 3 is 2.76 bits per heavy atom. The van der Waals surface area contributed by atoms with Crippen molar-refractivity contribution in [1.29, 1.82) is 0 Å². The molecule has 6 nitrogen and oxygen atoms in total. The molecule has 1 heterocycles. The summed E-state index contributed by atoms with van der Waals surface area (Å²) < 4.78 is 23.8. The predicted octanol–water partition coefficient (Wildman–Crippen LogP) is 2.62. The van der Waals surface area contributed by atoms with Crippen molar-refractivity contribution >= 4 is 42.6 Å². The van der Waals surface area contributed by atoms with Crippen LogP contribution in [-0.2, 0) is 9.84 Å². The number of sulfone groups is 1. The van der Waals surface area contributed by atoms with Crippen LogP contribution in [0.2, 0.25) is 0 Å².